The Balaban J connectivity index is 1.01. The summed E-state index contributed by atoms with van der Waals surface area (Å²) in [6, 6.07) is 8.37. The molecule has 4 aliphatic heterocycles. The average Bonchev–Trinajstić information content (AvgIpc) is 1.88. The predicted octanol–water partition coefficient (Wildman–Crippen LogP) is 7.01. The number of methoxy groups -OCH3 is 1. The molecule has 2 aromatic heterocycles. The predicted molar refractivity (Wildman–Crippen MR) is 319 cm³/mol. The van der Waals surface area contributed by atoms with Gasteiger partial charge in [-0.3, -0.25) is 19.4 Å². The van der Waals surface area contributed by atoms with E-state index in [1.165, 1.54) is 13.3 Å². The molecule has 1 aromatic carbocycles. The van der Waals surface area contributed by atoms with Crippen LogP contribution in [0.15, 0.2) is 52.7 Å². The largest absolute Gasteiger partial charge is 0.509 e. The van der Waals surface area contributed by atoms with Crippen LogP contribution in [-0.2, 0) is 63.7 Å². The number of fused-ring (bicyclic) bond motifs is 2. The number of likely N-dealkylation sites (N-methyl/N-ethyl adjacent to an activating group) is 1. The first kappa shape index (κ1) is 67.4. The van der Waals surface area contributed by atoms with Crippen LogP contribution in [0.25, 0.3) is 10.9 Å². The molecule has 8 rings (SSSR count). The van der Waals surface area contributed by atoms with Gasteiger partial charge in [-0.15, -0.1) is 0 Å². The highest BCUT2D eigenvalue weighted by Gasteiger charge is 2.59. The van der Waals surface area contributed by atoms with Gasteiger partial charge in [0.2, 0.25) is 5.43 Å². The van der Waals surface area contributed by atoms with E-state index in [0.717, 1.165) is 12.8 Å². The number of halogens is 1. The third kappa shape index (κ3) is 15.2. The van der Waals surface area contributed by atoms with E-state index in [-0.39, 0.29) is 68.0 Å². The summed E-state index contributed by atoms with van der Waals surface area (Å²) in [6.07, 6.45) is -5.78. The number of benzene rings is 1. The smallest absolute Gasteiger partial charge is 0.477 e. The van der Waals surface area contributed by atoms with E-state index in [0.29, 0.717) is 47.1 Å². The van der Waals surface area contributed by atoms with E-state index in [1.54, 1.807) is 78.9 Å². The number of nitrogens with one attached hydrogen (secondary N) is 2. The van der Waals surface area contributed by atoms with Gasteiger partial charge in [0.05, 0.1) is 70.0 Å². The number of anilines is 1. The van der Waals surface area contributed by atoms with Crippen molar-refractivity contribution in [3.8, 4) is 0 Å². The lowest BCUT2D eigenvalue weighted by molar-refractivity contribution is -0.318. The zero-order valence-corrected chi connectivity index (χ0v) is 52.9. The highest BCUT2D eigenvalue weighted by Crippen LogP contribution is 2.45. The van der Waals surface area contributed by atoms with E-state index in [9.17, 15) is 39.3 Å². The van der Waals surface area contributed by atoms with Crippen LogP contribution in [0.3, 0.4) is 0 Å². The fourth-order valence-electron chi connectivity index (χ4n) is 13.2. The molecule has 3 aromatic rings. The van der Waals surface area contributed by atoms with Crippen LogP contribution in [0.5, 0.6) is 0 Å². The fraction of sp³-hybridized carbons (Fsp3) is 0.694. The lowest BCUT2D eigenvalue weighted by atomic mass is 9.73. The number of hydrogen-bond donors (Lipinski definition) is 5. The highest BCUT2D eigenvalue weighted by molar-refractivity contribution is 6.34. The number of nitrogens with zero attached hydrogens (tertiary/aromatic N) is 4. The fourth-order valence-corrected chi connectivity index (χ4v) is 13.4. The maximum absolute atomic E-state index is 15.0. The third-order valence-corrected chi connectivity index (χ3v) is 18.4. The number of esters is 2. The summed E-state index contributed by atoms with van der Waals surface area (Å²) in [4.78, 5) is 79.3. The Morgan fingerprint density at radius 3 is 2.34 bits per heavy atom. The molecule has 0 bridgehead atoms. The highest BCUT2D eigenvalue weighted by atomic mass is 35.5. The Kier molecular flexibility index (Phi) is 21.8. The van der Waals surface area contributed by atoms with Crippen molar-refractivity contribution in [3.63, 3.8) is 0 Å². The number of oxime groups is 1. The minimum Gasteiger partial charge on any atom is -0.477 e. The van der Waals surface area contributed by atoms with E-state index in [2.05, 4.69) is 20.8 Å². The van der Waals surface area contributed by atoms with Crippen LogP contribution in [0.4, 0.5) is 10.5 Å². The number of carbonyl (C=O) groups is 4. The van der Waals surface area contributed by atoms with Gasteiger partial charge < -0.3 is 82.9 Å². The molecule has 25 heteroatoms. The van der Waals surface area contributed by atoms with Gasteiger partial charge in [-0.05, 0) is 112 Å². The zero-order valence-electron chi connectivity index (χ0n) is 52.2. The maximum atomic E-state index is 15.0. The standard InChI is InChI=1S/C62H89ClN6O18/c1-14-46-62(10)54(86-59(76)87-62)34(4)49(67-79-31-38-17-15-16-21-65-38)32(2)28-60(8,77)53(85-58-51(72)45(68(11)12)25-33(3)80-58)35(5)52(36(6)57(75)82-46)84-48-29-61(9,78-13)55(37(7)81-48)83-47(70)20-22-64-23-24-66-43-26-40-44(27-42(43)63)69(39-18-19-39)30-41(50(40)71)56(73)74/h15-17,21,26-27,30,32-37,39,45-46,48,51-55,58,64,66,72,77H,14,18-20,22-25,28-29,31H2,1-13H3,(H,73,74)/b67-49+/t32-,33-,34+,35+,36-,37+,45+,46-,48+,51-,52?,53-,54-,55+,58+,60-,61-,62-/m1/s1. The van der Waals surface area contributed by atoms with Crippen LogP contribution < -0.4 is 16.1 Å². The second-order valence-electron chi connectivity index (χ2n) is 25.1. The second kappa shape index (κ2) is 28.1. The molecular formula is C62H89ClN6O18. The van der Waals surface area contributed by atoms with Gasteiger partial charge in [0, 0.05) is 80.8 Å². The Bertz CT molecular complexity index is 3000. The van der Waals surface area contributed by atoms with Crippen LogP contribution >= 0.6 is 11.6 Å². The Labute approximate surface area is 513 Å². The van der Waals surface area contributed by atoms with E-state index >= 15 is 0 Å². The van der Waals surface area contributed by atoms with Crippen molar-refractivity contribution in [2.45, 2.75) is 211 Å². The molecule has 24 nitrogen and oxygen atoms in total. The number of aliphatic hydroxyl groups excluding tert-OH is 1. The van der Waals surface area contributed by atoms with Crippen LogP contribution in [0.1, 0.15) is 136 Å². The monoisotopic (exact) mass is 1240 g/mol. The van der Waals surface area contributed by atoms with Gasteiger partial charge in [-0.2, -0.15) is 0 Å². The first-order valence-corrected chi connectivity index (χ1v) is 30.7. The minimum absolute atomic E-state index is 0.000311. The summed E-state index contributed by atoms with van der Waals surface area (Å²) in [7, 11) is 5.20. The number of cyclic esters (lactones) is 1. The maximum Gasteiger partial charge on any atom is 0.509 e. The average molecular weight is 1240 g/mol. The SMILES string of the molecule is CC[C@H]1OC(=O)[C@H](C)C(O[C@H]2C[C@@](C)(OC)[C@@H](OC(=O)CCNCCNc3cc4c(=O)c(C(=O)O)cn(C5CC5)c4cc3Cl)[C@H](C)O2)[C@H](C)[C@@H](O[C@@H]2O[C@H](C)C[C@H](N(C)C)[C@H]2O)[C@](C)(O)C[C@@H](C)/C(=N\OCc2ccccn2)[C@H](C)[C@H]2OC(=O)O[C@@]21C. The van der Waals surface area contributed by atoms with Crippen molar-refractivity contribution < 1.29 is 82.0 Å². The number of aromatic carboxylic acids is 1. The molecule has 4 saturated heterocycles. The van der Waals surface area contributed by atoms with Crippen LogP contribution in [0, 0.1) is 23.7 Å². The Hall–Kier alpha value is -5.54. The van der Waals surface area contributed by atoms with Gasteiger partial charge in [0.1, 0.15) is 23.4 Å². The number of ether oxygens (including phenoxy) is 9. The van der Waals surface area contributed by atoms with Gasteiger partial charge in [-0.25, -0.2) is 9.59 Å². The summed E-state index contributed by atoms with van der Waals surface area (Å²) in [6.45, 7) is 18.5. The molecule has 0 amide bonds. The van der Waals surface area contributed by atoms with E-state index < -0.39 is 125 Å². The van der Waals surface area contributed by atoms with Crippen molar-refractivity contribution in [1.29, 1.82) is 0 Å². The Morgan fingerprint density at radius 2 is 1.69 bits per heavy atom. The molecule has 0 spiro atoms. The molecular weight excluding hydrogens is 1150 g/mol. The lowest BCUT2D eigenvalue weighted by Gasteiger charge is -2.49. The zero-order chi connectivity index (χ0) is 63.4. The molecule has 6 heterocycles. The normalized spacial score (nSPS) is 35.6. The van der Waals surface area contributed by atoms with Crippen molar-refractivity contribution in [2.24, 2.45) is 28.8 Å². The van der Waals surface area contributed by atoms with E-state index in [4.69, 9.17) is 59.1 Å². The minimum atomic E-state index is -1.83. The number of hydrogen-bond acceptors (Lipinski definition) is 22. The quantitative estimate of drug-likeness (QED) is 0.0329. The number of aromatic nitrogens is 2. The third-order valence-electron chi connectivity index (χ3n) is 18.1. The van der Waals surface area contributed by atoms with Gasteiger partial charge in [0.15, 0.2) is 37.0 Å². The molecule has 482 valence electrons. The molecule has 87 heavy (non-hydrogen) atoms. The number of carboxylic acids is 1. The molecule has 5 N–H and O–H groups in total. The Morgan fingerprint density at radius 1 is 0.954 bits per heavy atom. The van der Waals surface area contributed by atoms with E-state index in [1.807, 2.05) is 50.4 Å². The molecule has 18 atom stereocenters. The number of aliphatic hydroxyl groups is 2. The van der Waals surface area contributed by atoms with Gasteiger partial charge >= 0.3 is 24.1 Å². The number of rotatable bonds is 20. The molecule has 5 aliphatic rings. The van der Waals surface area contributed by atoms with Crippen molar-refractivity contribution in [1.82, 2.24) is 19.8 Å². The summed E-state index contributed by atoms with van der Waals surface area (Å²) in [5, 5.41) is 46.6. The second-order valence-corrected chi connectivity index (χ2v) is 25.5. The lowest BCUT2D eigenvalue weighted by Crippen LogP contribution is -2.61. The number of carboxylic acid groups (broad SMARTS) is 1. The first-order chi connectivity index (χ1) is 41.1. The van der Waals surface area contributed by atoms with Gasteiger partial charge in [-0.1, -0.05) is 50.5 Å². The molecule has 1 aliphatic carbocycles. The topological polar surface area (TPSA) is 296 Å². The van der Waals surface area contributed by atoms with Crippen molar-refractivity contribution >= 4 is 58.0 Å². The molecule has 5 fully saturated rings. The molecule has 0 radical (unpaired) electrons. The van der Waals surface area contributed by atoms with Gasteiger partial charge in [0.25, 0.3) is 0 Å². The molecule has 1 unspecified atom stereocenters. The number of carbonyl (C=O) groups excluding carboxylic acids is 3. The summed E-state index contributed by atoms with van der Waals surface area (Å²) >= 11 is 6.66. The summed E-state index contributed by atoms with van der Waals surface area (Å²) in [5.41, 5.74) is -3.44. The van der Waals surface area contributed by atoms with Crippen molar-refractivity contribution in [3.05, 3.63) is 69.2 Å². The number of pyridine rings is 2. The summed E-state index contributed by atoms with van der Waals surface area (Å²) < 4.78 is 59.3. The van der Waals surface area contributed by atoms with Crippen molar-refractivity contribution in [2.75, 3.05) is 46.2 Å². The van der Waals surface area contributed by atoms with Crippen LogP contribution in [-0.4, -0.2) is 185 Å². The molecule has 1 saturated carbocycles. The summed E-state index contributed by atoms with van der Waals surface area (Å²) in [5.74, 6) is -5.98. The first-order valence-electron chi connectivity index (χ1n) is 30.3. The van der Waals surface area contributed by atoms with Crippen LogP contribution in [0.2, 0.25) is 5.02 Å².